The largest absolute Gasteiger partial charge is 0.516 e. The summed E-state index contributed by atoms with van der Waals surface area (Å²) in [6, 6.07) is 0.502. The Kier molecular flexibility index (Phi) is 20.5. The van der Waals surface area contributed by atoms with Crippen molar-refractivity contribution in [2.24, 2.45) is 0 Å². The predicted octanol–water partition coefficient (Wildman–Crippen LogP) is 6.45. The van der Waals surface area contributed by atoms with Crippen LogP contribution in [0.15, 0.2) is 58.7 Å². The molecule has 0 saturated heterocycles. The molecule has 3 nitrogen and oxygen atoms in total. The van der Waals surface area contributed by atoms with Gasteiger partial charge in [0.1, 0.15) is 5.83 Å². The maximum Gasteiger partial charge on any atom is 0.100 e. The van der Waals surface area contributed by atoms with Crippen molar-refractivity contribution in [1.29, 1.82) is 0 Å². The van der Waals surface area contributed by atoms with Crippen molar-refractivity contribution in [2.75, 3.05) is 13.7 Å². The molecule has 1 radical (unpaired) electrons. The van der Waals surface area contributed by atoms with E-state index in [0.29, 0.717) is 12.5 Å². The van der Waals surface area contributed by atoms with Gasteiger partial charge < -0.3 is 15.5 Å². The molecular formula is C24H40FNO2Y. The molecule has 0 saturated carbocycles. The Bertz CT molecular complexity index is 592. The summed E-state index contributed by atoms with van der Waals surface area (Å²) in [4.78, 5) is 0. The minimum Gasteiger partial charge on any atom is -0.516 e. The van der Waals surface area contributed by atoms with E-state index in [0.717, 1.165) is 52.0 Å². The Labute approximate surface area is 202 Å². The van der Waals surface area contributed by atoms with Crippen molar-refractivity contribution in [3.8, 4) is 0 Å². The topological polar surface area (TPSA) is 52.5 Å². The van der Waals surface area contributed by atoms with Gasteiger partial charge in [0, 0.05) is 52.3 Å². The summed E-state index contributed by atoms with van der Waals surface area (Å²) in [7, 11) is 1.00. The number of nitrogens with one attached hydrogen (secondary N) is 1. The van der Waals surface area contributed by atoms with E-state index in [2.05, 4.69) is 11.4 Å². The van der Waals surface area contributed by atoms with Gasteiger partial charge in [-0.05, 0) is 73.9 Å². The van der Waals surface area contributed by atoms with E-state index in [1.54, 1.807) is 17.7 Å². The number of allylic oxidation sites excluding steroid dienone is 7. The molecule has 0 bridgehead atoms. The van der Waals surface area contributed by atoms with Gasteiger partial charge in [-0.15, -0.1) is 0 Å². The summed E-state index contributed by atoms with van der Waals surface area (Å²) in [5.74, 6) is 0.00373. The minimum atomic E-state index is 0. The fraction of sp³-hybridized carbons (Fsp3) is 0.583. The molecule has 29 heavy (non-hydrogen) atoms. The summed E-state index contributed by atoms with van der Waals surface area (Å²) < 4.78 is 13.0. The van der Waals surface area contributed by atoms with E-state index in [1.807, 2.05) is 33.8 Å². The Morgan fingerprint density at radius 1 is 1.03 bits per heavy atom. The minimum absolute atomic E-state index is 0. The third-order valence-electron chi connectivity index (χ3n) is 4.89. The second-order valence-corrected chi connectivity index (χ2v) is 6.32. The van der Waals surface area contributed by atoms with E-state index in [4.69, 9.17) is 10.2 Å². The quantitative estimate of drug-likeness (QED) is 0.395. The Morgan fingerprint density at radius 3 is 2.31 bits per heavy atom. The molecule has 0 spiro atoms. The summed E-state index contributed by atoms with van der Waals surface area (Å²) in [5.41, 5.74) is 5.58. The van der Waals surface area contributed by atoms with Gasteiger partial charge in [-0.2, -0.15) is 0 Å². The number of halogens is 1. The van der Waals surface area contributed by atoms with E-state index in [1.165, 1.54) is 23.1 Å². The number of aliphatic hydroxyl groups is 2. The molecule has 0 aromatic rings. The molecular weight excluding hydrogens is 442 g/mol. The average Bonchev–Trinajstić information content (AvgIpc) is 3.16. The third kappa shape index (κ3) is 10.9. The van der Waals surface area contributed by atoms with Gasteiger partial charge in [0.05, 0.1) is 6.26 Å². The van der Waals surface area contributed by atoms with Gasteiger partial charge in [-0.1, -0.05) is 45.4 Å². The molecule has 0 aromatic carbocycles. The Hall–Kier alpha value is -0.546. The van der Waals surface area contributed by atoms with Crippen molar-refractivity contribution in [1.82, 2.24) is 5.32 Å². The van der Waals surface area contributed by atoms with Crippen LogP contribution >= 0.6 is 0 Å². The number of rotatable bonds is 5. The maximum atomic E-state index is 13.0. The van der Waals surface area contributed by atoms with Gasteiger partial charge in [0.2, 0.25) is 0 Å². The van der Waals surface area contributed by atoms with Gasteiger partial charge in [0.25, 0.3) is 0 Å². The molecule has 0 fully saturated rings. The molecule has 3 aliphatic rings. The van der Waals surface area contributed by atoms with Crippen LogP contribution in [-0.4, -0.2) is 29.9 Å². The number of hydrogen-bond donors (Lipinski definition) is 3. The molecule has 3 aliphatic carbocycles. The predicted molar refractivity (Wildman–Crippen MR) is 119 cm³/mol. The van der Waals surface area contributed by atoms with E-state index in [-0.39, 0.29) is 38.5 Å². The molecule has 3 rings (SSSR count). The van der Waals surface area contributed by atoms with E-state index >= 15 is 0 Å². The Balaban J connectivity index is 0. The molecule has 0 heterocycles. The summed E-state index contributed by atoms with van der Waals surface area (Å²) in [6.07, 6.45) is 15.6. The molecule has 0 amide bonds. The van der Waals surface area contributed by atoms with Gasteiger partial charge in [-0.3, -0.25) is 0 Å². The smallest absolute Gasteiger partial charge is 0.100 e. The second-order valence-electron chi connectivity index (χ2n) is 6.32. The van der Waals surface area contributed by atoms with Crippen molar-refractivity contribution < 1.29 is 47.3 Å². The van der Waals surface area contributed by atoms with Crippen LogP contribution in [0.4, 0.5) is 4.39 Å². The molecule has 0 aromatic heterocycles. The zero-order valence-electron chi connectivity index (χ0n) is 19.0. The molecule has 5 heteroatoms. The number of aliphatic hydroxyl groups excluding tert-OH is 2. The normalized spacial score (nSPS) is 19.7. The standard InChI is InChI=1S/C19H24FNO.2C2H6.CH4O.Y/c20-17-5-1-14(2-6-17)9-11-21-19-8-4-16-13-15(10-12-22)3-7-18(16)19;3*1-2;/h1,5,10,12-13,19,21-22H,2-4,6-9,11H2;2*1-2H3;2H,1H3;/b12-10-;;;;. The van der Waals surface area contributed by atoms with Gasteiger partial charge in [0.15, 0.2) is 0 Å². The van der Waals surface area contributed by atoms with Gasteiger partial charge >= 0.3 is 0 Å². The molecule has 1 unspecified atom stereocenters. The summed E-state index contributed by atoms with van der Waals surface area (Å²) in [6.45, 7) is 8.97. The van der Waals surface area contributed by atoms with Crippen LogP contribution in [0.3, 0.4) is 0 Å². The van der Waals surface area contributed by atoms with Gasteiger partial charge in [-0.25, -0.2) is 4.39 Å². The van der Waals surface area contributed by atoms with Crippen LogP contribution in [0.5, 0.6) is 0 Å². The second kappa shape index (κ2) is 19.4. The van der Waals surface area contributed by atoms with Crippen LogP contribution in [0.25, 0.3) is 0 Å². The van der Waals surface area contributed by atoms with Crippen molar-refractivity contribution in [3.63, 3.8) is 0 Å². The fourth-order valence-electron chi connectivity index (χ4n) is 3.66. The van der Waals surface area contributed by atoms with Crippen LogP contribution in [0, 0.1) is 0 Å². The van der Waals surface area contributed by atoms with Crippen LogP contribution in [-0.2, 0) is 32.7 Å². The van der Waals surface area contributed by atoms with Crippen molar-refractivity contribution in [2.45, 2.75) is 78.7 Å². The fourth-order valence-corrected chi connectivity index (χ4v) is 3.66. The zero-order chi connectivity index (χ0) is 21.4. The average molecular weight is 482 g/mol. The van der Waals surface area contributed by atoms with Crippen LogP contribution < -0.4 is 5.32 Å². The van der Waals surface area contributed by atoms with Crippen molar-refractivity contribution in [3.05, 3.63) is 58.7 Å². The SMILES string of the molecule is CC.CC.CO.O/C=C\C1=CC2=C(CC1)C(NCCC1=CC=C(F)CC1)CC2.[Y]. The molecule has 0 aliphatic heterocycles. The molecule has 1 atom stereocenters. The monoisotopic (exact) mass is 482 g/mol. The van der Waals surface area contributed by atoms with Crippen molar-refractivity contribution >= 4 is 0 Å². The Morgan fingerprint density at radius 2 is 1.72 bits per heavy atom. The molecule has 163 valence electrons. The first-order valence-electron chi connectivity index (χ1n) is 10.7. The summed E-state index contributed by atoms with van der Waals surface area (Å²) >= 11 is 0. The zero-order valence-corrected chi connectivity index (χ0v) is 21.8. The van der Waals surface area contributed by atoms with Crippen LogP contribution in [0.1, 0.15) is 72.6 Å². The van der Waals surface area contributed by atoms with Crippen LogP contribution in [0.2, 0.25) is 0 Å². The van der Waals surface area contributed by atoms with E-state index in [9.17, 15) is 4.39 Å². The first kappa shape index (κ1) is 30.6. The first-order valence-corrected chi connectivity index (χ1v) is 10.7. The maximum absolute atomic E-state index is 13.0. The summed E-state index contributed by atoms with van der Waals surface area (Å²) in [5, 5.41) is 19.6. The first-order chi connectivity index (χ1) is 13.8. The third-order valence-corrected chi connectivity index (χ3v) is 4.89. The molecule has 3 N–H and O–H groups in total. The number of hydrogen-bond acceptors (Lipinski definition) is 3. The van der Waals surface area contributed by atoms with E-state index < -0.39 is 0 Å².